The zero-order valence-corrected chi connectivity index (χ0v) is 18.7. The van der Waals surface area contributed by atoms with Crippen LogP contribution in [0, 0.1) is 5.92 Å². The number of aromatic nitrogens is 1. The number of nitrogens with zero attached hydrogens (tertiary/aromatic N) is 3. The molecule has 1 aliphatic carbocycles. The summed E-state index contributed by atoms with van der Waals surface area (Å²) in [5, 5.41) is 8.34. The van der Waals surface area contributed by atoms with Crippen LogP contribution in [-0.2, 0) is 4.79 Å². The number of carbonyl (C=O) groups excluding carboxylic acids is 2. The van der Waals surface area contributed by atoms with Gasteiger partial charge in [-0.2, -0.15) is 13.2 Å². The number of piperazine rings is 2. The SMILES string of the molecule is CNC(=O)c1ccc(N2CCN(CC3CCC4NC(CC(F)(F)F)C(=O)NC4C3)CC2)cn1. The number of hydrogen-bond acceptors (Lipinski definition) is 6. The summed E-state index contributed by atoms with van der Waals surface area (Å²) >= 11 is 0. The molecule has 2 amide bonds. The first kappa shape index (κ1) is 23.7. The van der Waals surface area contributed by atoms with Crippen LogP contribution in [0.15, 0.2) is 18.3 Å². The molecule has 2 aliphatic heterocycles. The zero-order chi connectivity index (χ0) is 23.6. The molecular weight excluding hydrogens is 437 g/mol. The minimum atomic E-state index is -4.36. The van der Waals surface area contributed by atoms with Gasteiger partial charge in [0.2, 0.25) is 5.91 Å². The lowest BCUT2D eigenvalue weighted by atomic mass is 9.80. The van der Waals surface area contributed by atoms with E-state index < -0.39 is 24.5 Å². The maximum atomic E-state index is 12.7. The number of halogens is 3. The molecule has 8 nitrogen and oxygen atoms in total. The van der Waals surface area contributed by atoms with Crippen molar-refractivity contribution in [1.82, 2.24) is 25.8 Å². The second kappa shape index (κ2) is 9.84. The smallest absolute Gasteiger partial charge is 0.368 e. The van der Waals surface area contributed by atoms with Gasteiger partial charge in [0.05, 0.1) is 24.3 Å². The molecule has 3 heterocycles. The van der Waals surface area contributed by atoms with Crippen molar-refractivity contribution in [3.05, 3.63) is 24.0 Å². The van der Waals surface area contributed by atoms with Gasteiger partial charge in [0, 0.05) is 51.9 Å². The topological polar surface area (TPSA) is 89.6 Å². The van der Waals surface area contributed by atoms with Crippen molar-refractivity contribution in [3.8, 4) is 0 Å². The van der Waals surface area contributed by atoms with E-state index in [1.165, 1.54) is 0 Å². The monoisotopic (exact) mass is 468 g/mol. The summed E-state index contributed by atoms with van der Waals surface area (Å²) in [4.78, 5) is 32.7. The van der Waals surface area contributed by atoms with Gasteiger partial charge in [0.25, 0.3) is 5.91 Å². The summed E-state index contributed by atoms with van der Waals surface area (Å²) in [6, 6.07) is 2.26. The fraction of sp³-hybridized carbons (Fsp3) is 0.682. The second-order valence-electron chi connectivity index (χ2n) is 9.21. The Labute approximate surface area is 191 Å². The summed E-state index contributed by atoms with van der Waals surface area (Å²) in [6.45, 7) is 4.45. The van der Waals surface area contributed by atoms with Gasteiger partial charge in [0.15, 0.2) is 0 Å². The summed E-state index contributed by atoms with van der Waals surface area (Å²) in [5.41, 5.74) is 1.39. The number of amides is 2. The van der Waals surface area contributed by atoms with Crippen LogP contribution >= 0.6 is 0 Å². The molecule has 33 heavy (non-hydrogen) atoms. The molecule has 4 rings (SSSR count). The van der Waals surface area contributed by atoms with Gasteiger partial charge in [-0.05, 0) is 37.3 Å². The Kier molecular flexibility index (Phi) is 7.08. The third-order valence-electron chi connectivity index (χ3n) is 6.92. The molecular formula is C22H31F3N6O2. The van der Waals surface area contributed by atoms with Crippen LogP contribution in [0.4, 0.5) is 18.9 Å². The van der Waals surface area contributed by atoms with Gasteiger partial charge >= 0.3 is 6.18 Å². The maximum absolute atomic E-state index is 12.7. The van der Waals surface area contributed by atoms with Crippen LogP contribution in [0.3, 0.4) is 0 Å². The molecule has 0 aromatic carbocycles. The van der Waals surface area contributed by atoms with E-state index in [2.05, 4.69) is 30.7 Å². The van der Waals surface area contributed by atoms with E-state index in [0.717, 1.165) is 57.7 Å². The quantitative estimate of drug-likeness (QED) is 0.601. The molecule has 0 bridgehead atoms. The molecule has 3 N–H and O–H groups in total. The van der Waals surface area contributed by atoms with E-state index >= 15 is 0 Å². The number of pyridine rings is 1. The average Bonchev–Trinajstić information content (AvgIpc) is 2.79. The van der Waals surface area contributed by atoms with Gasteiger partial charge in [-0.1, -0.05) is 0 Å². The highest BCUT2D eigenvalue weighted by molar-refractivity contribution is 5.92. The fourth-order valence-electron chi connectivity index (χ4n) is 5.17. The van der Waals surface area contributed by atoms with Crippen LogP contribution in [-0.4, -0.2) is 85.8 Å². The summed E-state index contributed by atoms with van der Waals surface area (Å²) < 4.78 is 38.1. The fourth-order valence-corrected chi connectivity index (χ4v) is 5.17. The Morgan fingerprint density at radius 2 is 1.94 bits per heavy atom. The second-order valence-corrected chi connectivity index (χ2v) is 9.21. The van der Waals surface area contributed by atoms with Gasteiger partial charge in [-0.3, -0.25) is 14.5 Å². The molecule has 3 aliphatic rings. The van der Waals surface area contributed by atoms with Crippen molar-refractivity contribution in [1.29, 1.82) is 0 Å². The molecule has 11 heteroatoms. The zero-order valence-electron chi connectivity index (χ0n) is 18.7. The first-order valence-corrected chi connectivity index (χ1v) is 11.5. The van der Waals surface area contributed by atoms with E-state index in [0.29, 0.717) is 11.6 Å². The normalized spacial score (nSPS) is 28.7. The van der Waals surface area contributed by atoms with Crippen LogP contribution < -0.4 is 20.9 Å². The molecule has 4 unspecified atom stereocenters. The predicted octanol–water partition coefficient (Wildman–Crippen LogP) is 1.14. The first-order valence-electron chi connectivity index (χ1n) is 11.5. The van der Waals surface area contributed by atoms with E-state index in [-0.39, 0.29) is 18.0 Å². The number of nitrogens with one attached hydrogen (secondary N) is 3. The Hall–Kier alpha value is -2.40. The molecule has 182 valence electrons. The molecule has 2 saturated heterocycles. The van der Waals surface area contributed by atoms with Crippen molar-refractivity contribution < 1.29 is 22.8 Å². The summed E-state index contributed by atoms with van der Waals surface area (Å²) in [5.74, 6) is -0.340. The van der Waals surface area contributed by atoms with Crippen molar-refractivity contribution in [2.75, 3.05) is 44.7 Å². The molecule has 1 saturated carbocycles. The molecule has 3 fully saturated rings. The average molecular weight is 469 g/mol. The third-order valence-corrected chi connectivity index (χ3v) is 6.92. The third kappa shape index (κ3) is 5.94. The van der Waals surface area contributed by atoms with Gasteiger partial charge in [-0.25, -0.2) is 4.98 Å². The lowest BCUT2D eigenvalue weighted by Crippen LogP contribution is -2.66. The summed E-state index contributed by atoms with van der Waals surface area (Å²) in [7, 11) is 1.58. The highest BCUT2D eigenvalue weighted by atomic mass is 19.4. The highest BCUT2D eigenvalue weighted by Crippen LogP contribution is 2.30. The number of fused-ring (bicyclic) bond motifs is 1. The standard InChI is InChI=1S/C22H31F3N6O2/c1-26-20(32)17-5-3-15(12-27-17)31-8-6-30(7-9-31)13-14-2-4-16-18(10-14)29-21(33)19(28-16)11-22(23,24)25/h3,5,12,14,16,18-19,28H,2,4,6-11,13H2,1H3,(H,26,32)(H,29,33). The number of alkyl halides is 3. The highest BCUT2D eigenvalue weighted by Gasteiger charge is 2.43. The van der Waals surface area contributed by atoms with Gasteiger partial charge in [-0.15, -0.1) is 0 Å². The first-order chi connectivity index (χ1) is 15.7. The molecule has 0 radical (unpaired) electrons. The van der Waals surface area contributed by atoms with Crippen LogP contribution in [0.25, 0.3) is 0 Å². The Morgan fingerprint density at radius 3 is 2.58 bits per heavy atom. The van der Waals surface area contributed by atoms with Crippen LogP contribution in [0.5, 0.6) is 0 Å². The number of rotatable bonds is 5. The van der Waals surface area contributed by atoms with E-state index in [9.17, 15) is 22.8 Å². The number of anilines is 1. The van der Waals surface area contributed by atoms with Crippen LogP contribution in [0.1, 0.15) is 36.2 Å². The summed E-state index contributed by atoms with van der Waals surface area (Å²) in [6.07, 6.45) is -1.26. The largest absolute Gasteiger partial charge is 0.391 e. The lowest BCUT2D eigenvalue weighted by Gasteiger charge is -2.45. The Balaban J connectivity index is 1.23. The maximum Gasteiger partial charge on any atom is 0.391 e. The van der Waals surface area contributed by atoms with E-state index in [1.807, 2.05) is 6.07 Å². The Morgan fingerprint density at radius 1 is 1.18 bits per heavy atom. The predicted molar refractivity (Wildman–Crippen MR) is 117 cm³/mol. The van der Waals surface area contributed by atoms with Crippen molar-refractivity contribution in [3.63, 3.8) is 0 Å². The number of carbonyl (C=O) groups is 2. The molecule has 0 spiro atoms. The van der Waals surface area contributed by atoms with Gasteiger partial charge < -0.3 is 20.9 Å². The minimum absolute atomic E-state index is 0.0894. The van der Waals surface area contributed by atoms with Crippen molar-refractivity contribution >= 4 is 17.5 Å². The van der Waals surface area contributed by atoms with E-state index in [1.54, 1.807) is 19.3 Å². The molecule has 4 atom stereocenters. The van der Waals surface area contributed by atoms with E-state index in [4.69, 9.17) is 0 Å². The van der Waals surface area contributed by atoms with Gasteiger partial charge in [0.1, 0.15) is 5.69 Å². The molecule has 1 aromatic rings. The number of hydrogen-bond donors (Lipinski definition) is 3. The lowest BCUT2D eigenvalue weighted by molar-refractivity contribution is -0.153. The Bertz CT molecular complexity index is 842. The minimum Gasteiger partial charge on any atom is -0.368 e. The molecule has 1 aromatic heterocycles. The van der Waals surface area contributed by atoms with Crippen molar-refractivity contribution in [2.24, 2.45) is 5.92 Å². The van der Waals surface area contributed by atoms with Crippen LogP contribution in [0.2, 0.25) is 0 Å². The van der Waals surface area contributed by atoms with Crippen molar-refractivity contribution in [2.45, 2.75) is 50.0 Å².